The Hall–Kier alpha value is -2.17. The van der Waals surface area contributed by atoms with Gasteiger partial charge in [-0.2, -0.15) is 0 Å². The van der Waals surface area contributed by atoms with Crippen LogP contribution in [0.15, 0.2) is 24.3 Å². The van der Waals surface area contributed by atoms with Crippen LogP contribution in [-0.4, -0.2) is 20.6 Å². The van der Waals surface area contributed by atoms with E-state index in [9.17, 15) is 9.18 Å². The van der Waals surface area contributed by atoms with Crippen LogP contribution in [0.25, 0.3) is 11.4 Å². The van der Waals surface area contributed by atoms with E-state index in [1.165, 1.54) is 12.1 Å². The highest BCUT2D eigenvalue weighted by Crippen LogP contribution is 2.22. The Labute approximate surface area is 104 Å². The second-order valence-electron chi connectivity index (χ2n) is 4.10. The first-order valence-corrected chi connectivity index (χ1v) is 5.50. The molecule has 0 atom stereocenters. The van der Waals surface area contributed by atoms with E-state index in [0.717, 1.165) is 11.4 Å². The first kappa shape index (κ1) is 12.3. The number of hydrogen-bond donors (Lipinski definition) is 1. The molecule has 5 heteroatoms. The fraction of sp³-hybridized carbons (Fsp3) is 0.231. The molecule has 0 saturated carbocycles. The van der Waals surface area contributed by atoms with E-state index in [2.05, 4.69) is 4.98 Å². The normalized spacial score (nSPS) is 10.6. The summed E-state index contributed by atoms with van der Waals surface area (Å²) in [5, 5.41) is 8.90. The van der Waals surface area contributed by atoms with Gasteiger partial charge in [-0.15, -0.1) is 0 Å². The highest BCUT2D eigenvalue weighted by Gasteiger charge is 2.15. The number of aromatic nitrogens is 2. The number of hydrogen-bond acceptors (Lipinski definition) is 2. The van der Waals surface area contributed by atoms with Crippen molar-refractivity contribution in [3.63, 3.8) is 0 Å². The topological polar surface area (TPSA) is 55.1 Å². The number of halogens is 1. The van der Waals surface area contributed by atoms with Gasteiger partial charge in [0.1, 0.15) is 18.2 Å². The number of carboxylic acids is 1. The molecule has 18 heavy (non-hydrogen) atoms. The van der Waals surface area contributed by atoms with Gasteiger partial charge >= 0.3 is 5.97 Å². The molecule has 1 N–H and O–H groups in total. The number of aryl methyl sites for hydroxylation is 1. The SMILES string of the molecule is Cc1nc(-c2cccc(F)c2)n(CC(=O)O)c1C. The summed E-state index contributed by atoms with van der Waals surface area (Å²) in [6, 6.07) is 5.98. The molecule has 0 fully saturated rings. The van der Waals surface area contributed by atoms with Crippen molar-refractivity contribution >= 4 is 5.97 Å². The maximum atomic E-state index is 13.2. The van der Waals surface area contributed by atoms with E-state index in [4.69, 9.17) is 5.11 Å². The standard InChI is InChI=1S/C13H13FN2O2/c1-8-9(2)16(7-12(17)18)13(15-8)10-4-3-5-11(14)6-10/h3-6H,7H2,1-2H3,(H,17,18). The van der Waals surface area contributed by atoms with E-state index in [-0.39, 0.29) is 12.4 Å². The fourth-order valence-corrected chi connectivity index (χ4v) is 1.83. The Morgan fingerprint density at radius 2 is 2.17 bits per heavy atom. The highest BCUT2D eigenvalue weighted by atomic mass is 19.1. The molecule has 0 bridgehead atoms. The van der Waals surface area contributed by atoms with Crippen LogP contribution in [0, 0.1) is 19.7 Å². The van der Waals surface area contributed by atoms with E-state index in [1.807, 2.05) is 0 Å². The molecular formula is C13H13FN2O2. The van der Waals surface area contributed by atoms with Crippen molar-refractivity contribution < 1.29 is 14.3 Å². The summed E-state index contributed by atoms with van der Waals surface area (Å²) in [6.07, 6.45) is 0. The zero-order valence-electron chi connectivity index (χ0n) is 10.1. The molecule has 2 aromatic rings. The van der Waals surface area contributed by atoms with Gasteiger partial charge in [-0.3, -0.25) is 4.79 Å². The molecule has 1 aromatic carbocycles. The van der Waals surface area contributed by atoms with Gasteiger partial charge in [-0.1, -0.05) is 12.1 Å². The minimum absolute atomic E-state index is 0.182. The number of benzene rings is 1. The first-order valence-electron chi connectivity index (χ1n) is 5.50. The molecule has 94 valence electrons. The number of imidazole rings is 1. The van der Waals surface area contributed by atoms with E-state index < -0.39 is 5.97 Å². The van der Waals surface area contributed by atoms with Gasteiger partial charge in [-0.05, 0) is 26.0 Å². The van der Waals surface area contributed by atoms with Gasteiger partial charge < -0.3 is 9.67 Å². The lowest BCUT2D eigenvalue weighted by molar-refractivity contribution is -0.137. The Balaban J connectivity index is 2.56. The lowest BCUT2D eigenvalue weighted by Gasteiger charge is -2.07. The fourth-order valence-electron chi connectivity index (χ4n) is 1.83. The molecule has 0 unspecified atom stereocenters. The van der Waals surface area contributed by atoms with Gasteiger partial charge in [0, 0.05) is 11.3 Å². The molecule has 0 spiro atoms. The predicted molar refractivity (Wildman–Crippen MR) is 64.7 cm³/mol. The molecule has 0 aliphatic rings. The van der Waals surface area contributed by atoms with Crippen molar-refractivity contribution in [1.82, 2.24) is 9.55 Å². The highest BCUT2D eigenvalue weighted by molar-refractivity contribution is 5.68. The quantitative estimate of drug-likeness (QED) is 0.907. The van der Waals surface area contributed by atoms with E-state index in [1.54, 1.807) is 30.5 Å². The van der Waals surface area contributed by atoms with Gasteiger partial charge in [0.05, 0.1) is 5.69 Å². The number of aliphatic carboxylic acids is 1. The van der Waals surface area contributed by atoms with E-state index in [0.29, 0.717) is 11.4 Å². The zero-order valence-corrected chi connectivity index (χ0v) is 10.1. The van der Waals surface area contributed by atoms with Gasteiger partial charge in [0.25, 0.3) is 0 Å². The van der Waals surface area contributed by atoms with Crippen LogP contribution in [-0.2, 0) is 11.3 Å². The van der Waals surface area contributed by atoms with Crippen molar-refractivity contribution in [2.45, 2.75) is 20.4 Å². The minimum Gasteiger partial charge on any atom is -0.480 e. The first-order chi connectivity index (χ1) is 8.49. The predicted octanol–water partition coefficient (Wildman–Crippen LogP) is 2.39. The number of carbonyl (C=O) groups is 1. The molecule has 1 heterocycles. The molecule has 2 rings (SSSR count). The molecule has 0 saturated heterocycles. The number of carboxylic acid groups (broad SMARTS) is 1. The Morgan fingerprint density at radius 3 is 2.78 bits per heavy atom. The average molecular weight is 248 g/mol. The summed E-state index contributed by atoms with van der Waals surface area (Å²) in [6.45, 7) is 3.42. The van der Waals surface area contributed by atoms with Crippen LogP contribution in [0.3, 0.4) is 0 Å². The summed E-state index contributed by atoms with van der Waals surface area (Å²) in [4.78, 5) is 15.2. The number of rotatable bonds is 3. The minimum atomic E-state index is -0.951. The second kappa shape index (κ2) is 4.60. The van der Waals surface area contributed by atoms with Gasteiger partial charge in [-0.25, -0.2) is 9.37 Å². The third kappa shape index (κ3) is 2.25. The Kier molecular flexibility index (Phi) is 3.14. The molecule has 0 aliphatic carbocycles. The summed E-state index contributed by atoms with van der Waals surface area (Å²) < 4.78 is 14.8. The van der Waals surface area contributed by atoms with Crippen LogP contribution in [0.1, 0.15) is 11.4 Å². The van der Waals surface area contributed by atoms with Crippen molar-refractivity contribution in [1.29, 1.82) is 0 Å². The van der Waals surface area contributed by atoms with Crippen LogP contribution in [0.2, 0.25) is 0 Å². The summed E-state index contributed by atoms with van der Waals surface area (Å²) >= 11 is 0. The Bertz CT molecular complexity index is 605. The molecule has 0 radical (unpaired) electrons. The molecule has 0 aliphatic heterocycles. The summed E-state index contributed by atoms with van der Waals surface area (Å²) in [5.74, 6) is -0.840. The monoisotopic (exact) mass is 248 g/mol. The Morgan fingerprint density at radius 1 is 1.44 bits per heavy atom. The van der Waals surface area contributed by atoms with Gasteiger partial charge in [0.2, 0.25) is 0 Å². The van der Waals surface area contributed by atoms with Crippen molar-refractivity contribution in [3.8, 4) is 11.4 Å². The molecule has 4 nitrogen and oxygen atoms in total. The third-order valence-electron chi connectivity index (χ3n) is 2.83. The molecular weight excluding hydrogens is 235 g/mol. The maximum Gasteiger partial charge on any atom is 0.323 e. The molecule has 1 aromatic heterocycles. The van der Waals surface area contributed by atoms with Crippen molar-refractivity contribution in [3.05, 3.63) is 41.5 Å². The summed E-state index contributed by atoms with van der Waals surface area (Å²) in [5.41, 5.74) is 2.10. The zero-order chi connectivity index (χ0) is 13.3. The average Bonchev–Trinajstić information content (AvgIpc) is 2.57. The van der Waals surface area contributed by atoms with Gasteiger partial charge in [0.15, 0.2) is 0 Å². The van der Waals surface area contributed by atoms with Crippen LogP contribution >= 0.6 is 0 Å². The number of nitrogens with zero attached hydrogens (tertiary/aromatic N) is 2. The van der Waals surface area contributed by atoms with E-state index >= 15 is 0 Å². The van der Waals surface area contributed by atoms with Crippen LogP contribution < -0.4 is 0 Å². The third-order valence-corrected chi connectivity index (χ3v) is 2.83. The van der Waals surface area contributed by atoms with Crippen LogP contribution in [0.5, 0.6) is 0 Å². The smallest absolute Gasteiger partial charge is 0.323 e. The van der Waals surface area contributed by atoms with Crippen LogP contribution in [0.4, 0.5) is 4.39 Å². The lowest BCUT2D eigenvalue weighted by Crippen LogP contribution is -2.11. The van der Waals surface area contributed by atoms with Crippen molar-refractivity contribution in [2.24, 2.45) is 0 Å². The second-order valence-corrected chi connectivity index (χ2v) is 4.10. The summed E-state index contributed by atoms with van der Waals surface area (Å²) in [7, 11) is 0. The van der Waals surface area contributed by atoms with Crippen molar-refractivity contribution in [2.75, 3.05) is 0 Å². The molecule has 0 amide bonds. The lowest BCUT2D eigenvalue weighted by atomic mass is 10.2. The largest absolute Gasteiger partial charge is 0.480 e. The maximum absolute atomic E-state index is 13.2.